The number of fused-ring (bicyclic) bond motifs is 2. The van der Waals surface area contributed by atoms with Crippen molar-refractivity contribution in [3.05, 3.63) is 81.5 Å². The average molecular weight is 385 g/mol. The third-order valence-corrected chi connectivity index (χ3v) is 5.51. The molecule has 28 heavy (non-hydrogen) atoms. The number of halogens is 1. The Morgan fingerprint density at radius 2 is 1.71 bits per heavy atom. The van der Waals surface area contributed by atoms with Crippen molar-refractivity contribution in [1.82, 2.24) is 0 Å². The maximum atomic E-state index is 10.0. The summed E-state index contributed by atoms with van der Waals surface area (Å²) < 4.78 is 5.90. The molecule has 2 aliphatic rings. The lowest BCUT2D eigenvalue weighted by atomic mass is 9.61. The number of allylic oxidation sites excluding steroid dienone is 3. The van der Waals surface area contributed by atoms with Crippen LogP contribution in [0.2, 0.25) is 5.02 Å². The molecule has 1 heterocycles. The molecular formula is C22H13ClN4O. The van der Waals surface area contributed by atoms with Crippen molar-refractivity contribution in [3.63, 3.8) is 0 Å². The molecule has 0 amide bonds. The second-order valence-corrected chi connectivity index (χ2v) is 7.04. The van der Waals surface area contributed by atoms with E-state index in [1.165, 1.54) is 0 Å². The van der Waals surface area contributed by atoms with Gasteiger partial charge in [0.1, 0.15) is 18.4 Å². The summed E-state index contributed by atoms with van der Waals surface area (Å²) in [6.07, 6.45) is 0. The minimum atomic E-state index is -1.71. The van der Waals surface area contributed by atoms with Crippen molar-refractivity contribution < 1.29 is 4.74 Å². The Balaban J connectivity index is 2.09. The van der Waals surface area contributed by atoms with Crippen LogP contribution in [0.15, 0.2) is 65.4 Å². The quantitative estimate of drug-likeness (QED) is 0.797. The highest BCUT2D eigenvalue weighted by molar-refractivity contribution is 6.30. The maximum Gasteiger partial charge on any atom is 0.194 e. The van der Waals surface area contributed by atoms with E-state index in [2.05, 4.69) is 18.2 Å². The maximum absolute atomic E-state index is 10.0. The topological polar surface area (TPSA) is 107 Å². The molecule has 1 unspecified atom stereocenters. The lowest BCUT2D eigenvalue weighted by Gasteiger charge is -2.40. The molecule has 0 bridgehead atoms. The predicted octanol–water partition coefficient (Wildman–Crippen LogP) is 4.05. The fourth-order valence-electron chi connectivity index (χ4n) is 3.97. The van der Waals surface area contributed by atoms with Crippen LogP contribution in [0.25, 0.3) is 5.57 Å². The first-order chi connectivity index (χ1) is 13.6. The summed E-state index contributed by atoms with van der Waals surface area (Å²) in [4.78, 5) is 0. The van der Waals surface area contributed by atoms with Gasteiger partial charge in [-0.2, -0.15) is 15.8 Å². The van der Waals surface area contributed by atoms with Gasteiger partial charge in [0.2, 0.25) is 0 Å². The van der Waals surface area contributed by atoms with Gasteiger partial charge < -0.3 is 10.5 Å². The summed E-state index contributed by atoms with van der Waals surface area (Å²) >= 11 is 6.02. The van der Waals surface area contributed by atoms with Crippen LogP contribution in [-0.4, -0.2) is 6.61 Å². The van der Waals surface area contributed by atoms with Gasteiger partial charge in [-0.1, -0.05) is 41.9 Å². The zero-order chi connectivity index (χ0) is 19.9. The molecule has 1 atom stereocenters. The molecule has 134 valence electrons. The van der Waals surface area contributed by atoms with E-state index >= 15 is 0 Å². The number of nitriles is 3. The lowest BCUT2D eigenvalue weighted by molar-refractivity contribution is 0.323. The summed E-state index contributed by atoms with van der Waals surface area (Å²) in [6.45, 7) is 0.156. The van der Waals surface area contributed by atoms with E-state index in [0.717, 1.165) is 5.56 Å². The number of hydrogen-bond acceptors (Lipinski definition) is 5. The molecule has 2 aromatic carbocycles. The van der Waals surface area contributed by atoms with Crippen molar-refractivity contribution in [2.24, 2.45) is 11.1 Å². The molecule has 2 aromatic rings. The van der Waals surface area contributed by atoms with Gasteiger partial charge in [-0.05, 0) is 29.3 Å². The van der Waals surface area contributed by atoms with Gasteiger partial charge in [0, 0.05) is 22.1 Å². The summed E-state index contributed by atoms with van der Waals surface area (Å²) in [5.74, 6) is -0.0432. The van der Waals surface area contributed by atoms with Crippen molar-refractivity contribution in [1.29, 1.82) is 15.8 Å². The number of hydrogen-bond donors (Lipinski definition) is 1. The molecule has 0 fully saturated rings. The molecule has 0 aromatic heterocycles. The molecule has 1 aliphatic carbocycles. The van der Waals surface area contributed by atoms with Gasteiger partial charge in [-0.25, -0.2) is 0 Å². The number of para-hydroxylation sites is 1. The average Bonchev–Trinajstić information content (AvgIpc) is 2.74. The SMILES string of the molecule is N#CC1=C(N)C(C#N)(C#N)C(c2ccc(Cl)cc2)C2=C1c1ccccc1OC2. The van der Waals surface area contributed by atoms with Gasteiger partial charge in [-0.3, -0.25) is 0 Å². The van der Waals surface area contributed by atoms with E-state index < -0.39 is 11.3 Å². The molecule has 0 saturated heterocycles. The zero-order valence-electron chi connectivity index (χ0n) is 14.6. The summed E-state index contributed by atoms with van der Waals surface area (Å²) in [5, 5.41) is 30.4. The van der Waals surface area contributed by atoms with Gasteiger partial charge in [0.05, 0.1) is 23.4 Å². The third-order valence-electron chi connectivity index (χ3n) is 5.25. The molecular weight excluding hydrogens is 372 g/mol. The molecule has 0 radical (unpaired) electrons. The number of ether oxygens (including phenoxy) is 1. The fraction of sp³-hybridized carbons (Fsp3) is 0.136. The Kier molecular flexibility index (Phi) is 4.08. The lowest BCUT2D eigenvalue weighted by Crippen LogP contribution is -2.40. The molecule has 0 saturated carbocycles. The van der Waals surface area contributed by atoms with Crippen LogP contribution in [-0.2, 0) is 0 Å². The Hall–Kier alpha value is -3.72. The van der Waals surface area contributed by atoms with E-state index in [1.807, 2.05) is 24.3 Å². The standard InChI is InChI=1S/C22H13ClN4O/c23-14-7-5-13(6-8-14)20-17-10-28-18-4-2-1-3-15(18)19(17)16(9-24)21(27)22(20,11-25)12-26/h1-8,20H,10,27H2. The van der Waals surface area contributed by atoms with E-state index in [4.69, 9.17) is 22.1 Å². The molecule has 4 rings (SSSR count). The van der Waals surface area contributed by atoms with Crippen LogP contribution < -0.4 is 10.5 Å². The fourth-order valence-corrected chi connectivity index (χ4v) is 4.09. The van der Waals surface area contributed by atoms with E-state index in [0.29, 0.717) is 27.5 Å². The normalized spacial score (nSPS) is 19.4. The Bertz CT molecular complexity index is 1160. The van der Waals surface area contributed by atoms with E-state index in [-0.39, 0.29) is 17.9 Å². The minimum absolute atomic E-state index is 0.0320. The Morgan fingerprint density at radius 1 is 1.04 bits per heavy atom. The van der Waals surface area contributed by atoms with Crippen LogP contribution in [0.3, 0.4) is 0 Å². The second-order valence-electron chi connectivity index (χ2n) is 6.60. The number of nitrogens with zero attached hydrogens (tertiary/aromatic N) is 3. The van der Waals surface area contributed by atoms with Crippen LogP contribution >= 0.6 is 11.6 Å². The van der Waals surface area contributed by atoms with Crippen LogP contribution in [0.5, 0.6) is 5.75 Å². The predicted molar refractivity (Wildman–Crippen MR) is 104 cm³/mol. The molecule has 1 aliphatic heterocycles. The molecule has 2 N–H and O–H groups in total. The highest BCUT2D eigenvalue weighted by atomic mass is 35.5. The number of nitrogens with two attached hydrogens (primary N) is 1. The molecule has 6 heteroatoms. The Labute approximate surface area is 167 Å². The van der Waals surface area contributed by atoms with Crippen LogP contribution in [0.1, 0.15) is 17.0 Å². The van der Waals surface area contributed by atoms with Crippen LogP contribution in [0, 0.1) is 39.4 Å². The number of benzene rings is 2. The highest BCUT2D eigenvalue weighted by Gasteiger charge is 2.52. The van der Waals surface area contributed by atoms with Crippen molar-refractivity contribution in [2.45, 2.75) is 5.92 Å². The Morgan fingerprint density at radius 3 is 2.36 bits per heavy atom. The number of rotatable bonds is 1. The highest BCUT2D eigenvalue weighted by Crippen LogP contribution is 2.55. The van der Waals surface area contributed by atoms with E-state index in [1.54, 1.807) is 24.3 Å². The molecule has 5 nitrogen and oxygen atoms in total. The summed E-state index contributed by atoms with van der Waals surface area (Å²) in [7, 11) is 0. The second kappa shape index (κ2) is 6.46. The van der Waals surface area contributed by atoms with Crippen molar-refractivity contribution in [3.8, 4) is 24.0 Å². The third kappa shape index (κ3) is 2.30. The van der Waals surface area contributed by atoms with Gasteiger partial charge in [-0.15, -0.1) is 0 Å². The smallest absolute Gasteiger partial charge is 0.194 e. The summed E-state index contributed by atoms with van der Waals surface area (Å²) in [6, 6.07) is 20.6. The summed E-state index contributed by atoms with van der Waals surface area (Å²) in [5.41, 5.74) is 7.50. The van der Waals surface area contributed by atoms with Crippen molar-refractivity contribution >= 4 is 17.2 Å². The van der Waals surface area contributed by atoms with Crippen molar-refractivity contribution in [2.75, 3.05) is 6.61 Å². The van der Waals surface area contributed by atoms with E-state index in [9.17, 15) is 15.8 Å². The van der Waals surface area contributed by atoms with Gasteiger partial charge >= 0.3 is 0 Å². The first-order valence-corrected chi connectivity index (χ1v) is 8.89. The molecule has 0 spiro atoms. The minimum Gasteiger partial charge on any atom is -0.489 e. The zero-order valence-corrected chi connectivity index (χ0v) is 15.4. The van der Waals surface area contributed by atoms with Crippen LogP contribution in [0.4, 0.5) is 0 Å². The van der Waals surface area contributed by atoms with Gasteiger partial charge in [0.15, 0.2) is 5.41 Å². The largest absolute Gasteiger partial charge is 0.489 e. The monoisotopic (exact) mass is 384 g/mol. The first kappa shape index (κ1) is 17.7. The van der Waals surface area contributed by atoms with Gasteiger partial charge in [0.25, 0.3) is 0 Å². The first-order valence-electron chi connectivity index (χ1n) is 8.51.